The van der Waals surface area contributed by atoms with E-state index in [0.29, 0.717) is 16.8 Å². The highest BCUT2D eigenvalue weighted by atomic mass is 32.2. The first-order valence-electron chi connectivity index (χ1n) is 4.63. The van der Waals surface area contributed by atoms with Crippen LogP contribution in [0.3, 0.4) is 0 Å². The number of esters is 1. The zero-order chi connectivity index (χ0) is 11.9. The third kappa shape index (κ3) is 1.55. The lowest BCUT2D eigenvalue weighted by molar-refractivity contribution is 0.0601. The van der Waals surface area contributed by atoms with Crippen molar-refractivity contribution in [2.45, 2.75) is 5.75 Å². The number of methoxy groups -OCH3 is 1. The number of rotatable bonds is 1. The molecule has 6 heteroatoms. The van der Waals surface area contributed by atoms with Crippen LogP contribution in [0.5, 0.6) is 0 Å². The quantitative estimate of drug-likeness (QED) is 0.681. The predicted octanol–water partition coefficient (Wildman–Crippen LogP) is 0.753. The third-order valence-electron chi connectivity index (χ3n) is 2.60. The average Bonchev–Trinajstić information content (AvgIpc) is 2.48. The van der Waals surface area contributed by atoms with Crippen molar-refractivity contribution in [2.75, 3.05) is 18.5 Å². The Morgan fingerprint density at radius 2 is 2.12 bits per heavy atom. The first-order chi connectivity index (χ1) is 7.45. The molecule has 0 aliphatic carbocycles. The van der Waals surface area contributed by atoms with Gasteiger partial charge in [-0.05, 0) is 17.7 Å². The van der Waals surface area contributed by atoms with Gasteiger partial charge in [0.2, 0.25) is 10.0 Å². The van der Waals surface area contributed by atoms with Crippen molar-refractivity contribution in [3.63, 3.8) is 0 Å². The number of ether oxygens (including phenoxy) is 1. The third-order valence-corrected chi connectivity index (χ3v) is 4.31. The van der Waals surface area contributed by atoms with Crippen molar-refractivity contribution in [1.29, 1.82) is 0 Å². The van der Waals surface area contributed by atoms with Crippen LogP contribution < -0.4 is 4.31 Å². The van der Waals surface area contributed by atoms with E-state index in [1.165, 1.54) is 24.5 Å². The number of hydrogen-bond acceptors (Lipinski definition) is 4. The number of carbonyl (C=O) groups is 1. The highest BCUT2D eigenvalue weighted by Gasteiger charge is 2.30. The van der Waals surface area contributed by atoms with Crippen molar-refractivity contribution >= 4 is 21.7 Å². The van der Waals surface area contributed by atoms with Gasteiger partial charge in [0.05, 0.1) is 24.1 Å². The van der Waals surface area contributed by atoms with E-state index < -0.39 is 16.0 Å². The van der Waals surface area contributed by atoms with E-state index in [9.17, 15) is 13.2 Å². The molecule has 86 valence electrons. The monoisotopic (exact) mass is 241 g/mol. The maximum absolute atomic E-state index is 11.6. The second-order valence-corrected chi connectivity index (χ2v) is 5.56. The first kappa shape index (κ1) is 10.9. The van der Waals surface area contributed by atoms with E-state index in [2.05, 4.69) is 4.74 Å². The van der Waals surface area contributed by atoms with Gasteiger partial charge in [0.25, 0.3) is 0 Å². The molecule has 0 amide bonds. The molecule has 0 saturated carbocycles. The van der Waals surface area contributed by atoms with Crippen LogP contribution >= 0.6 is 0 Å². The summed E-state index contributed by atoms with van der Waals surface area (Å²) in [4.78, 5) is 11.3. The van der Waals surface area contributed by atoms with E-state index in [4.69, 9.17) is 0 Å². The highest BCUT2D eigenvalue weighted by molar-refractivity contribution is 7.92. The van der Waals surface area contributed by atoms with Crippen LogP contribution in [0.15, 0.2) is 18.2 Å². The molecule has 0 unspecified atom stereocenters. The summed E-state index contributed by atoms with van der Waals surface area (Å²) in [5.41, 5.74) is 1.60. The zero-order valence-electron chi connectivity index (χ0n) is 8.93. The van der Waals surface area contributed by atoms with Crippen LogP contribution in [0.1, 0.15) is 15.9 Å². The van der Waals surface area contributed by atoms with Crippen molar-refractivity contribution in [1.82, 2.24) is 0 Å². The van der Waals surface area contributed by atoms with Crippen molar-refractivity contribution in [3.05, 3.63) is 29.3 Å². The maximum atomic E-state index is 11.6. The molecule has 0 radical (unpaired) electrons. The Morgan fingerprint density at radius 1 is 1.44 bits per heavy atom. The molecular weight excluding hydrogens is 230 g/mol. The normalized spacial score (nSPS) is 17.0. The topological polar surface area (TPSA) is 63.7 Å². The molecule has 1 aromatic rings. The number of carbonyl (C=O) groups excluding carboxylic acids is 1. The highest BCUT2D eigenvalue weighted by Crippen LogP contribution is 2.32. The van der Waals surface area contributed by atoms with Crippen LogP contribution in [0.25, 0.3) is 0 Å². The summed E-state index contributed by atoms with van der Waals surface area (Å²) in [6.07, 6.45) is 0. The molecule has 1 heterocycles. The minimum absolute atomic E-state index is 0.0136. The molecule has 1 aliphatic heterocycles. The predicted molar refractivity (Wildman–Crippen MR) is 58.8 cm³/mol. The molecule has 0 aromatic heterocycles. The fourth-order valence-corrected chi connectivity index (χ4v) is 2.97. The zero-order valence-corrected chi connectivity index (χ0v) is 9.74. The van der Waals surface area contributed by atoms with Gasteiger partial charge in [0.15, 0.2) is 0 Å². The standard InChI is InChI=1S/C10H11NO4S/c1-11-9-5-7(10(12)15-2)3-4-8(9)6-16(11,13)14/h3-5H,6H2,1-2H3. The average molecular weight is 241 g/mol. The summed E-state index contributed by atoms with van der Waals surface area (Å²) in [5.74, 6) is -0.485. The first-order valence-corrected chi connectivity index (χ1v) is 6.24. The summed E-state index contributed by atoms with van der Waals surface area (Å²) >= 11 is 0. The van der Waals surface area contributed by atoms with E-state index in [0.717, 1.165) is 0 Å². The minimum atomic E-state index is -3.25. The second-order valence-electron chi connectivity index (χ2n) is 3.56. The van der Waals surface area contributed by atoms with Gasteiger partial charge in [0, 0.05) is 7.05 Å². The molecule has 1 aliphatic rings. The smallest absolute Gasteiger partial charge is 0.337 e. The summed E-state index contributed by atoms with van der Waals surface area (Å²) in [6, 6.07) is 4.74. The summed E-state index contributed by atoms with van der Waals surface area (Å²) in [5, 5.41) is 0. The van der Waals surface area contributed by atoms with Gasteiger partial charge in [-0.1, -0.05) is 6.07 Å². The second kappa shape index (κ2) is 3.48. The van der Waals surface area contributed by atoms with E-state index in [1.54, 1.807) is 12.1 Å². The SMILES string of the molecule is COC(=O)c1ccc2c(c1)N(C)S(=O)(=O)C2. The number of nitrogens with zero attached hydrogens (tertiary/aromatic N) is 1. The molecular formula is C10H11NO4S. The molecule has 16 heavy (non-hydrogen) atoms. The molecule has 0 saturated heterocycles. The number of sulfonamides is 1. The largest absolute Gasteiger partial charge is 0.465 e. The van der Waals surface area contributed by atoms with Crippen LogP contribution in [0.4, 0.5) is 5.69 Å². The van der Waals surface area contributed by atoms with E-state index in [-0.39, 0.29) is 5.75 Å². The lowest BCUT2D eigenvalue weighted by Crippen LogP contribution is -2.21. The number of fused-ring (bicyclic) bond motifs is 1. The Labute approximate surface area is 93.7 Å². The van der Waals surface area contributed by atoms with Gasteiger partial charge < -0.3 is 4.74 Å². The van der Waals surface area contributed by atoms with Gasteiger partial charge in [-0.3, -0.25) is 4.31 Å². The molecule has 1 aromatic carbocycles. The van der Waals surface area contributed by atoms with E-state index in [1.807, 2.05) is 0 Å². The Bertz CT molecular complexity index is 550. The Morgan fingerprint density at radius 3 is 2.75 bits per heavy atom. The van der Waals surface area contributed by atoms with Gasteiger partial charge in [0.1, 0.15) is 0 Å². The van der Waals surface area contributed by atoms with Gasteiger partial charge >= 0.3 is 5.97 Å². The Balaban J connectivity index is 2.51. The van der Waals surface area contributed by atoms with Crippen molar-refractivity contribution < 1.29 is 17.9 Å². The van der Waals surface area contributed by atoms with Gasteiger partial charge in [-0.2, -0.15) is 0 Å². The molecule has 2 rings (SSSR count). The summed E-state index contributed by atoms with van der Waals surface area (Å²) in [6.45, 7) is 0. The summed E-state index contributed by atoms with van der Waals surface area (Å²) < 4.78 is 28.9. The van der Waals surface area contributed by atoms with Gasteiger partial charge in [-0.15, -0.1) is 0 Å². The molecule has 5 nitrogen and oxygen atoms in total. The molecule has 0 spiro atoms. The van der Waals surface area contributed by atoms with Crippen LogP contribution in [0, 0.1) is 0 Å². The van der Waals surface area contributed by atoms with Crippen molar-refractivity contribution in [3.8, 4) is 0 Å². The lowest BCUT2D eigenvalue weighted by Gasteiger charge is -2.11. The van der Waals surface area contributed by atoms with Crippen LogP contribution in [-0.4, -0.2) is 28.5 Å². The molecule has 0 fully saturated rings. The molecule has 0 N–H and O–H groups in total. The fourth-order valence-electron chi connectivity index (χ4n) is 1.67. The number of hydrogen-bond donors (Lipinski definition) is 0. The minimum Gasteiger partial charge on any atom is -0.465 e. The molecule has 0 bridgehead atoms. The summed E-state index contributed by atoms with van der Waals surface area (Å²) in [7, 11) is -0.490. The Kier molecular flexibility index (Phi) is 2.38. The fraction of sp³-hybridized carbons (Fsp3) is 0.300. The number of anilines is 1. The number of benzene rings is 1. The van der Waals surface area contributed by atoms with Crippen molar-refractivity contribution in [2.24, 2.45) is 0 Å². The Hall–Kier alpha value is -1.56. The van der Waals surface area contributed by atoms with E-state index >= 15 is 0 Å². The van der Waals surface area contributed by atoms with Crippen LogP contribution in [-0.2, 0) is 20.5 Å². The van der Waals surface area contributed by atoms with Gasteiger partial charge in [-0.25, -0.2) is 13.2 Å². The molecule has 0 atom stereocenters. The lowest BCUT2D eigenvalue weighted by atomic mass is 10.1. The van der Waals surface area contributed by atoms with Crippen LogP contribution in [0.2, 0.25) is 0 Å². The maximum Gasteiger partial charge on any atom is 0.337 e.